The molecule has 0 heterocycles. The summed E-state index contributed by atoms with van der Waals surface area (Å²) in [6.45, 7) is 1.94. The van der Waals surface area contributed by atoms with Crippen molar-refractivity contribution in [3.05, 3.63) is 59.4 Å². The summed E-state index contributed by atoms with van der Waals surface area (Å²) in [6, 6.07) is 14.0. The van der Waals surface area contributed by atoms with Gasteiger partial charge in [-0.15, -0.1) is 0 Å². The average molecular weight is 284 g/mol. The minimum absolute atomic E-state index is 0.0198. The van der Waals surface area contributed by atoms with E-state index in [0.717, 1.165) is 11.1 Å². The van der Waals surface area contributed by atoms with Crippen LogP contribution in [0.15, 0.2) is 42.5 Å². The molecule has 21 heavy (non-hydrogen) atoms. The highest BCUT2D eigenvalue weighted by Gasteiger charge is 2.15. The molecule has 0 spiro atoms. The number of nitrogens with one attached hydrogen (secondary N) is 1. The van der Waals surface area contributed by atoms with Crippen molar-refractivity contribution in [3.63, 3.8) is 0 Å². The van der Waals surface area contributed by atoms with Crippen molar-refractivity contribution >= 4 is 0 Å². The molecule has 2 rings (SSSR count). The Hall–Kier alpha value is -2.38. The van der Waals surface area contributed by atoms with Gasteiger partial charge in [0.2, 0.25) is 0 Å². The van der Waals surface area contributed by atoms with Crippen molar-refractivity contribution in [1.82, 2.24) is 5.32 Å². The van der Waals surface area contributed by atoms with Gasteiger partial charge in [0.25, 0.3) is 0 Å². The minimum atomic E-state index is -0.393. The Labute approximate surface area is 124 Å². The van der Waals surface area contributed by atoms with Gasteiger partial charge in [-0.3, -0.25) is 0 Å². The SMILES string of the molecule is CNC(C)c1cccc(F)c1Oc1ccc(CC#N)cc1. The van der Waals surface area contributed by atoms with E-state index in [2.05, 4.69) is 11.4 Å². The third-order valence-electron chi connectivity index (χ3n) is 3.32. The zero-order valence-corrected chi connectivity index (χ0v) is 12.1. The molecule has 108 valence electrons. The van der Waals surface area contributed by atoms with E-state index >= 15 is 0 Å². The van der Waals surface area contributed by atoms with Gasteiger partial charge in [0.1, 0.15) is 5.75 Å². The predicted octanol–water partition coefficient (Wildman–Crippen LogP) is 3.96. The van der Waals surface area contributed by atoms with E-state index in [1.165, 1.54) is 6.07 Å². The molecule has 1 unspecified atom stereocenters. The van der Waals surface area contributed by atoms with E-state index in [9.17, 15) is 4.39 Å². The Morgan fingerprint density at radius 2 is 1.95 bits per heavy atom. The Morgan fingerprint density at radius 3 is 2.57 bits per heavy atom. The maximum atomic E-state index is 14.0. The Kier molecular flexibility index (Phi) is 4.91. The second-order valence-electron chi connectivity index (χ2n) is 4.75. The van der Waals surface area contributed by atoms with Gasteiger partial charge >= 0.3 is 0 Å². The van der Waals surface area contributed by atoms with Crippen LogP contribution in [-0.4, -0.2) is 7.05 Å². The van der Waals surface area contributed by atoms with Gasteiger partial charge < -0.3 is 10.1 Å². The quantitative estimate of drug-likeness (QED) is 0.903. The first kappa shape index (κ1) is 15.0. The van der Waals surface area contributed by atoms with Crippen LogP contribution in [-0.2, 0) is 6.42 Å². The number of hydrogen-bond acceptors (Lipinski definition) is 3. The van der Waals surface area contributed by atoms with Gasteiger partial charge in [-0.2, -0.15) is 5.26 Å². The van der Waals surface area contributed by atoms with Crippen LogP contribution in [0.5, 0.6) is 11.5 Å². The Bertz CT molecular complexity index is 647. The number of para-hydroxylation sites is 1. The summed E-state index contributed by atoms with van der Waals surface area (Å²) >= 11 is 0. The lowest BCUT2D eigenvalue weighted by Crippen LogP contribution is -2.13. The lowest BCUT2D eigenvalue weighted by Gasteiger charge is -2.17. The highest BCUT2D eigenvalue weighted by atomic mass is 19.1. The van der Waals surface area contributed by atoms with Gasteiger partial charge in [0.15, 0.2) is 11.6 Å². The lowest BCUT2D eigenvalue weighted by molar-refractivity contribution is 0.428. The van der Waals surface area contributed by atoms with Gasteiger partial charge in [-0.25, -0.2) is 4.39 Å². The maximum absolute atomic E-state index is 14.0. The smallest absolute Gasteiger partial charge is 0.167 e. The lowest BCUT2D eigenvalue weighted by atomic mass is 10.1. The van der Waals surface area contributed by atoms with Crippen LogP contribution in [0.2, 0.25) is 0 Å². The molecule has 0 aromatic heterocycles. The maximum Gasteiger partial charge on any atom is 0.167 e. The summed E-state index contributed by atoms with van der Waals surface area (Å²) < 4.78 is 19.7. The first-order chi connectivity index (χ1) is 10.2. The van der Waals surface area contributed by atoms with Gasteiger partial charge in [-0.05, 0) is 37.7 Å². The van der Waals surface area contributed by atoms with Crippen molar-refractivity contribution in [1.29, 1.82) is 5.26 Å². The molecule has 2 aromatic rings. The minimum Gasteiger partial charge on any atom is -0.454 e. The molecule has 4 heteroatoms. The van der Waals surface area contributed by atoms with Crippen LogP contribution in [0, 0.1) is 17.1 Å². The zero-order chi connectivity index (χ0) is 15.2. The molecule has 0 saturated carbocycles. The molecule has 1 atom stereocenters. The van der Waals surface area contributed by atoms with Crippen molar-refractivity contribution < 1.29 is 9.13 Å². The first-order valence-corrected chi connectivity index (χ1v) is 6.75. The Balaban J connectivity index is 2.28. The van der Waals surface area contributed by atoms with Crippen LogP contribution >= 0.6 is 0 Å². The number of hydrogen-bond donors (Lipinski definition) is 1. The van der Waals surface area contributed by atoms with Gasteiger partial charge in [0.05, 0.1) is 12.5 Å². The number of ether oxygens (including phenoxy) is 1. The molecule has 0 amide bonds. The van der Waals surface area contributed by atoms with E-state index in [-0.39, 0.29) is 11.8 Å². The molecular formula is C17H17FN2O. The second-order valence-corrected chi connectivity index (χ2v) is 4.75. The molecule has 2 aromatic carbocycles. The number of nitriles is 1. The summed E-state index contributed by atoms with van der Waals surface area (Å²) in [6.07, 6.45) is 0.349. The highest BCUT2D eigenvalue weighted by Crippen LogP contribution is 2.32. The summed E-state index contributed by atoms with van der Waals surface area (Å²) in [7, 11) is 1.82. The van der Waals surface area contributed by atoms with Crippen LogP contribution in [0.25, 0.3) is 0 Å². The fraction of sp³-hybridized carbons (Fsp3) is 0.235. The number of halogens is 1. The van der Waals surface area contributed by atoms with Gasteiger partial charge in [-0.1, -0.05) is 24.3 Å². The number of rotatable bonds is 5. The van der Waals surface area contributed by atoms with Crippen molar-refractivity contribution in [2.45, 2.75) is 19.4 Å². The summed E-state index contributed by atoms with van der Waals surface area (Å²) in [5, 5.41) is 11.7. The van der Waals surface area contributed by atoms with Crippen molar-refractivity contribution in [2.24, 2.45) is 0 Å². The summed E-state index contributed by atoms with van der Waals surface area (Å²) in [5.74, 6) is 0.384. The Morgan fingerprint density at radius 1 is 1.24 bits per heavy atom. The van der Waals surface area contributed by atoms with Gasteiger partial charge in [0, 0.05) is 11.6 Å². The van der Waals surface area contributed by atoms with E-state index < -0.39 is 5.82 Å². The summed E-state index contributed by atoms with van der Waals surface area (Å²) in [5.41, 5.74) is 1.67. The normalized spacial score (nSPS) is 11.7. The van der Waals surface area contributed by atoms with Crippen LogP contribution in [0.1, 0.15) is 24.1 Å². The van der Waals surface area contributed by atoms with Crippen LogP contribution in [0.3, 0.4) is 0 Å². The predicted molar refractivity (Wildman–Crippen MR) is 79.7 cm³/mol. The molecule has 1 N–H and O–H groups in total. The summed E-state index contributed by atoms with van der Waals surface area (Å²) in [4.78, 5) is 0. The molecular weight excluding hydrogens is 267 g/mol. The topological polar surface area (TPSA) is 45.0 Å². The standard InChI is InChI=1S/C17H17FN2O/c1-12(20-2)15-4-3-5-16(18)17(15)21-14-8-6-13(7-9-14)10-11-19/h3-9,12,20H,10H2,1-2H3. The van der Waals surface area contributed by atoms with Crippen molar-refractivity contribution in [3.8, 4) is 17.6 Å². The third kappa shape index (κ3) is 3.59. The molecule has 0 aliphatic heterocycles. The largest absolute Gasteiger partial charge is 0.454 e. The fourth-order valence-corrected chi connectivity index (χ4v) is 2.01. The molecule has 0 bridgehead atoms. The van der Waals surface area contributed by atoms with E-state index in [1.807, 2.05) is 20.0 Å². The van der Waals surface area contributed by atoms with E-state index in [4.69, 9.17) is 10.00 Å². The molecule has 3 nitrogen and oxygen atoms in total. The second kappa shape index (κ2) is 6.87. The number of benzene rings is 2. The van der Waals surface area contributed by atoms with E-state index in [0.29, 0.717) is 12.2 Å². The molecule has 0 saturated heterocycles. The zero-order valence-electron chi connectivity index (χ0n) is 12.1. The third-order valence-corrected chi connectivity index (χ3v) is 3.32. The fourth-order valence-electron chi connectivity index (χ4n) is 2.01. The first-order valence-electron chi connectivity index (χ1n) is 6.75. The molecule has 0 aliphatic rings. The highest BCUT2D eigenvalue weighted by molar-refractivity contribution is 5.41. The number of nitrogens with zero attached hydrogens (tertiary/aromatic N) is 1. The average Bonchev–Trinajstić information content (AvgIpc) is 2.50. The van der Waals surface area contributed by atoms with Crippen molar-refractivity contribution in [2.75, 3.05) is 7.05 Å². The van der Waals surface area contributed by atoms with Crippen LogP contribution < -0.4 is 10.1 Å². The van der Waals surface area contributed by atoms with Crippen LogP contribution in [0.4, 0.5) is 4.39 Å². The molecule has 0 aliphatic carbocycles. The molecule has 0 fully saturated rings. The molecule has 0 radical (unpaired) electrons. The monoisotopic (exact) mass is 284 g/mol. The van der Waals surface area contributed by atoms with E-state index in [1.54, 1.807) is 30.3 Å².